The van der Waals surface area contributed by atoms with Crippen LogP contribution in [0.25, 0.3) is 0 Å². The Morgan fingerprint density at radius 1 is 0.614 bits per heavy atom. The number of ether oxygens (including phenoxy) is 2. The molecule has 0 unspecified atom stereocenters. The van der Waals surface area contributed by atoms with Crippen LogP contribution in [0.1, 0.15) is 61.1 Å². The molecule has 3 aromatic rings. The van der Waals surface area contributed by atoms with Crippen LogP contribution in [0.15, 0.2) is 84.4 Å². The SMILES string of the molecule is COc1cc(O)cc(OC)c1[C@H]1C2=CC[C@@H]3C(=O)N(C4CCN(Cc5ccccc5)CC4)C(=O)[C@@H]3[C@@H]2C[C@H]2C(=O)N(C3CCN(Cc4ccccc4)CC3)C(=O)[C@@H]12. The first-order valence-electron chi connectivity index (χ1n) is 20.7. The molecule has 4 saturated heterocycles. The summed E-state index contributed by atoms with van der Waals surface area (Å²) in [5, 5.41) is 10.7. The van der Waals surface area contributed by atoms with Crippen LogP contribution in [-0.2, 0) is 32.3 Å². The number of amides is 4. The van der Waals surface area contributed by atoms with Crippen LogP contribution >= 0.6 is 0 Å². The number of hydrogen-bond donors (Lipinski definition) is 1. The number of aromatic hydroxyl groups is 1. The molecular formula is C46H52N4O7. The predicted octanol–water partition coefficient (Wildman–Crippen LogP) is 5.37. The van der Waals surface area contributed by atoms with E-state index < -0.39 is 35.5 Å². The largest absolute Gasteiger partial charge is 0.508 e. The van der Waals surface area contributed by atoms with E-state index >= 15 is 0 Å². The number of imide groups is 2. The fourth-order valence-corrected chi connectivity index (χ4v) is 11.3. The van der Waals surface area contributed by atoms with Gasteiger partial charge in [-0.15, -0.1) is 0 Å². The van der Waals surface area contributed by atoms with Crippen molar-refractivity contribution >= 4 is 23.6 Å². The van der Waals surface area contributed by atoms with E-state index in [4.69, 9.17) is 9.47 Å². The summed E-state index contributed by atoms with van der Waals surface area (Å²) in [4.78, 5) is 66.6. The third kappa shape index (κ3) is 6.62. The summed E-state index contributed by atoms with van der Waals surface area (Å²) in [6.45, 7) is 4.78. The van der Waals surface area contributed by atoms with E-state index in [1.165, 1.54) is 37.5 Å². The van der Waals surface area contributed by atoms with Gasteiger partial charge in [0.15, 0.2) is 0 Å². The molecule has 6 aliphatic rings. The van der Waals surface area contributed by atoms with Crippen molar-refractivity contribution in [1.82, 2.24) is 19.6 Å². The third-order valence-corrected chi connectivity index (χ3v) is 13.9. The Labute approximate surface area is 334 Å². The highest BCUT2D eigenvalue weighted by atomic mass is 16.5. The molecule has 57 heavy (non-hydrogen) atoms. The summed E-state index contributed by atoms with van der Waals surface area (Å²) < 4.78 is 11.7. The van der Waals surface area contributed by atoms with E-state index in [0.717, 1.165) is 57.7 Å². The lowest BCUT2D eigenvalue weighted by Gasteiger charge is -2.44. The van der Waals surface area contributed by atoms with Gasteiger partial charge in [0.2, 0.25) is 23.6 Å². The van der Waals surface area contributed by atoms with E-state index in [1.807, 2.05) is 36.4 Å². The molecule has 6 atom stereocenters. The number of allylic oxidation sites excluding steroid dienone is 2. The first-order valence-corrected chi connectivity index (χ1v) is 20.7. The number of likely N-dealkylation sites (tertiary alicyclic amines) is 4. The third-order valence-electron chi connectivity index (χ3n) is 13.9. The summed E-state index contributed by atoms with van der Waals surface area (Å²) in [5.41, 5.74) is 3.95. The normalized spacial score (nSPS) is 28.6. The minimum atomic E-state index is -0.733. The van der Waals surface area contributed by atoms with E-state index in [9.17, 15) is 24.3 Å². The second kappa shape index (κ2) is 15.4. The summed E-state index contributed by atoms with van der Waals surface area (Å²) in [6.07, 6.45) is 5.58. The Bertz CT molecular complexity index is 2030. The van der Waals surface area contributed by atoms with Crippen LogP contribution in [0, 0.1) is 29.6 Å². The fraction of sp³-hybridized carbons (Fsp3) is 0.478. The highest BCUT2D eigenvalue weighted by Crippen LogP contribution is 2.61. The molecule has 0 aromatic heterocycles. The molecule has 11 nitrogen and oxygen atoms in total. The first kappa shape index (κ1) is 37.6. The summed E-state index contributed by atoms with van der Waals surface area (Å²) in [6, 6.07) is 23.3. The van der Waals surface area contributed by atoms with Crippen molar-refractivity contribution in [2.24, 2.45) is 29.6 Å². The minimum absolute atomic E-state index is 0.0474. The van der Waals surface area contributed by atoms with Gasteiger partial charge in [0.05, 0.1) is 37.9 Å². The highest BCUT2D eigenvalue weighted by Gasteiger charge is 2.63. The number of phenolic OH excluding ortho intramolecular Hbond substituents is 1. The lowest BCUT2D eigenvalue weighted by Crippen LogP contribution is -2.48. The maximum Gasteiger partial charge on any atom is 0.234 e. The smallest absolute Gasteiger partial charge is 0.234 e. The zero-order valence-corrected chi connectivity index (χ0v) is 32.8. The average Bonchev–Trinajstić information content (AvgIpc) is 3.64. The van der Waals surface area contributed by atoms with Crippen molar-refractivity contribution in [1.29, 1.82) is 0 Å². The maximum absolute atomic E-state index is 14.9. The number of carbonyl (C=O) groups excluding carboxylic acids is 4. The van der Waals surface area contributed by atoms with Gasteiger partial charge >= 0.3 is 0 Å². The minimum Gasteiger partial charge on any atom is -0.508 e. The molecule has 0 spiro atoms. The number of fused-ring (bicyclic) bond motifs is 4. The van der Waals surface area contributed by atoms with Gasteiger partial charge in [-0.2, -0.15) is 0 Å². The molecule has 0 radical (unpaired) electrons. The molecule has 2 aliphatic carbocycles. The lowest BCUT2D eigenvalue weighted by molar-refractivity contribution is -0.146. The summed E-state index contributed by atoms with van der Waals surface area (Å²) >= 11 is 0. The lowest BCUT2D eigenvalue weighted by atomic mass is 9.57. The van der Waals surface area contributed by atoms with Gasteiger partial charge < -0.3 is 14.6 Å². The molecule has 1 saturated carbocycles. The Hall–Kier alpha value is -5.00. The molecule has 11 heteroatoms. The molecule has 1 N–H and O–H groups in total. The van der Waals surface area contributed by atoms with Crippen LogP contribution in [0.5, 0.6) is 17.2 Å². The number of rotatable bonds is 9. The Balaban J connectivity index is 1.00. The number of phenols is 1. The van der Waals surface area contributed by atoms with E-state index in [-0.39, 0.29) is 41.5 Å². The molecule has 3 aromatic carbocycles. The van der Waals surface area contributed by atoms with Crippen molar-refractivity contribution in [3.8, 4) is 17.2 Å². The number of piperidine rings is 2. The molecule has 4 heterocycles. The van der Waals surface area contributed by atoms with Gasteiger partial charge in [0.1, 0.15) is 17.2 Å². The Morgan fingerprint density at radius 3 is 1.58 bits per heavy atom. The van der Waals surface area contributed by atoms with E-state index in [0.29, 0.717) is 42.7 Å². The molecule has 298 valence electrons. The van der Waals surface area contributed by atoms with Gasteiger partial charge in [-0.3, -0.25) is 38.8 Å². The Kier molecular flexibility index (Phi) is 10.1. The van der Waals surface area contributed by atoms with Crippen molar-refractivity contribution in [2.45, 2.75) is 69.6 Å². The zero-order valence-electron chi connectivity index (χ0n) is 32.8. The zero-order chi connectivity index (χ0) is 39.4. The quantitative estimate of drug-likeness (QED) is 0.226. The molecule has 0 bridgehead atoms. The van der Waals surface area contributed by atoms with Gasteiger partial charge in [-0.05, 0) is 55.6 Å². The van der Waals surface area contributed by atoms with Crippen LogP contribution in [0.4, 0.5) is 0 Å². The summed E-state index contributed by atoms with van der Waals surface area (Å²) in [5.74, 6) is -3.58. The highest BCUT2D eigenvalue weighted by molar-refractivity contribution is 6.08. The van der Waals surface area contributed by atoms with Crippen molar-refractivity contribution in [3.05, 3.63) is 101 Å². The van der Waals surface area contributed by atoms with Crippen molar-refractivity contribution < 1.29 is 33.8 Å². The van der Waals surface area contributed by atoms with Crippen molar-refractivity contribution in [2.75, 3.05) is 40.4 Å². The topological polar surface area (TPSA) is 120 Å². The van der Waals surface area contributed by atoms with E-state index in [1.54, 1.807) is 9.80 Å². The molecule has 4 amide bonds. The fourth-order valence-electron chi connectivity index (χ4n) is 11.3. The molecule has 4 aliphatic heterocycles. The second-order valence-corrected chi connectivity index (χ2v) is 16.9. The number of carbonyl (C=O) groups is 4. The molecular weight excluding hydrogens is 721 g/mol. The number of nitrogens with zero attached hydrogens (tertiary/aromatic N) is 4. The average molecular weight is 773 g/mol. The number of hydrogen-bond acceptors (Lipinski definition) is 9. The summed E-state index contributed by atoms with van der Waals surface area (Å²) in [7, 11) is 3.03. The molecule has 9 rings (SSSR count). The number of methoxy groups -OCH3 is 2. The van der Waals surface area contributed by atoms with Gasteiger partial charge in [-0.1, -0.05) is 72.3 Å². The van der Waals surface area contributed by atoms with E-state index in [2.05, 4.69) is 40.1 Å². The molecule has 5 fully saturated rings. The van der Waals surface area contributed by atoms with Crippen LogP contribution in [0.3, 0.4) is 0 Å². The monoisotopic (exact) mass is 772 g/mol. The first-order chi connectivity index (χ1) is 27.7. The van der Waals surface area contributed by atoms with Gasteiger partial charge in [0, 0.05) is 75.0 Å². The van der Waals surface area contributed by atoms with Gasteiger partial charge in [0.25, 0.3) is 0 Å². The van der Waals surface area contributed by atoms with Crippen molar-refractivity contribution in [3.63, 3.8) is 0 Å². The predicted molar refractivity (Wildman–Crippen MR) is 212 cm³/mol. The van der Waals surface area contributed by atoms with Gasteiger partial charge in [-0.25, -0.2) is 0 Å². The van der Waals surface area contributed by atoms with Crippen LogP contribution < -0.4 is 9.47 Å². The second-order valence-electron chi connectivity index (χ2n) is 16.9. The number of benzene rings is 3. The van der Waals surface area contributed by atoms with Crippen LogP contribution in [-0.4, -0.2) is 101 Å². The standard InChI is InChI=1S/C46H52N4O7/c1-56-37-23-32(51)24-38(57-2)42(37)40-33-13-14-34-39(45(54)49(43(34)52)30-15-19-47(20-16-30)26-28-9-5-3-6-10-28)35(33)25-36-41(40)46(55)50(44(36)53)31-17-21-48(22-18-31)27-29-11-7-4-8-12-29/h3-13,23-24,30-31,34-36,39-41,51H,14-22,25-27H2,1-2H3/t34-,35+,36+,39-,40-,41+/m0/s1. The maximum atomic E-state index is 14.9. The Morgan fingerprint density at radius 2 is 1.09 bits per heavy atom. The van der Waals surface area contributed by atoms with Crippen LogP contribution in [0.2, 0.25) is 0 Å².